The number of nitrogens with zero attached hydrogens (tertiary/aromatic N) is 1. The van der Waals surface area contributed by atoms with Crippen LogP contribution in [0.25, 0.3) is 10.9 Å². The Labute approximate surface area is 95.7 Å². The number of hydrazine groups is 1. The predicted molar refractivity (Wildman–Crippen MR) is 68.4 cm³/mol. The Balaban J connectivity index is 2.90. The fraction of sp³-hybridized carbons (Fsp3) is 0.308. The largest absolute Gasteiger partial charge is 0.323 e. The van der Waals surface area contributed by atoms with Gasteiger partial charge in [0.2, 0.25) is 0 Å². The van der Waals surface area contributed by atoms with Crippen LogP contribution < -0.4 is 11.3 Å². The minimum Gasteiger partial charge on any atom is -0.323 e. The molecule has 84 valence electrons. The highest BCUT2D eigenvalue weighted by molar-refractivity contribution is 5.94. The van der Waals surface area contributed by atoms with Gasteiger partial charge in [-0.15, -0.1) is 0 Å². The maximum atomic E-state index is 5.63. The first-order valence-corrected chi connectivity index (χ1v) is 5.54. The molecule has 0 bridgehead atoms. The zero-order chi connectivity index (χ0) is 11.7. The highest BCUT2D eigenvalue weighted by atomic mass is 15.2. The van der Waals surface area contributed by atoms with E-state index in [2.05, 4.69) is 36.4 Å². The van der Waals surface area contributed by atoms with Gasteiger partial charge in [-0.1, -0.05) is 25.1 Å². The summed E-state index contributed by atoms with van der Waals surface area (Å²) in [4.78, 5) is 4.66. The first-order chi connectivity index (χ1) is 7.69. The lowest BCUT2D eigenvalue weighted by molar-refractivity contribution is 1.06. The Kier molecular flexibility index (Phi) is 2.79. The number of nitrogens with one attached hydrogen (secondary N) is 1. The van der Waals surface area contributed by atoms with E-state index in [0.29, 0.717) is 0 Å². The molecule has 0 saturated heterocycles. The molecule has 0 aliphatic heterocycles. The number of hydrogen-bond acceptors (Lipinski definition) is 3. The van der Waals surface area contributed by atoms with Crippen LogP contribution in [0.4, 0.5) is 5.69 Å². The molecule has 1 aromatic carbocycles. The van der Waals surface area contributed by atoms with Gasteiger partial charge in [-0.3, -0.25) is 10.8 Å². The number of hydrogen-bond donors (Lipinski definition) is 2. The van der Waals surface area contributed by atoms with Crippen LogP contribution in [-0.2, 0) is 6.42 Å². The van der Waals surface area contributed by atoms with E-state index in [0.717, 1.165) is 28.7 Å². The number of para-hydroxylation sites is 1. The van der Waals surface area contributed by atoms with Crippen LogP contribution in [0.5, 0.6) is 0 Å². The molecule has 3 heteroatoms. The number of rotatable bonds is 2. The van der Waals surface area contributed by atoms with E-state index in [-0.39, 0.29) is 0 Å². The van der Waals surface area contributed by atoms with Crippen molar-refractivity contribution in [3.8, 4) is 0 Å². The van der Waals surface area contributed by atoms with Gasteiger partial charge in [-0.2, -0.15) is 0 Å². The second kappa shape index (κ2) is 4.10. The van der Waals surface area contributed by atoms with Crippen LogP contribution in [0, 0.1) is 13.8 Å². The lowest BCUT2D eigenvalue weighted by atomic mass is 10.0. The monoisotopic (exact) mass is 215 g/mol. The molecule has 1 heterocycles. The minimum atomic E-state index is 0.933. The van der Waals surface area contributed by atoms with Crippen LogP contribution >= 0.6 is 0 Å². The van der Waals surface area contributed by atoms with Crippen LogP contribution in [-0.4, -0.2) is 4.98 Å². The third-order valence-electron chi connectivity index (χ3n) is 3.02. The average Bonchev–Trinajstić information content (AvgIpc) is 2.28. The normalized spacial score (nSPS) is 10.8. The SMILES string of the molecule is CCc1c(C)nc2c(C)cccc2c1NN. The number of aryl methyl sites for hydroxylation is 2. The number of aromatic nitrogens is 1. The summed E-state index contributed by atoms with van der Waals surface area (Å²) in [6.07, 6.45) is 0.933. The molecule has 0 amide bonds. The number of anilines is 1. The first kappa shape index (κ1) is 10.9. The molecule has 0 atom stereocenters. The van der Waals surface area contributed by atoms with Crippen molar-refractivity contribution in [3.05, 3.63) is 35.0 Å². The Morgan fingerprint density at radius 1 is 1.31 bits per heavy atom. The second-order valence-corrected chi connectivity index (χ2v) is 4.02. The topological polar surface area (TPSA) is 50.9 Å². The zero-order valence-corrected chi connectivity index (χ0v) is 9.96. The summed E-state index contributed by atoms with van der Waals surface area (Å²) < 4.78 is 0. The molecule has 2 rings (SSSR count). The van der Waals surface area contributed by atoms with Gasteiger partial charge in [0.05, 0.1) is 11.2 Å². The maximum absolute atomic E-state index is 5.63. The summed E-state index contributed by atoms with van der Waals surface area (Å²) in [7, 11) is 0. The maximum Gasteiger partial charge on any atom is 0.0755 e. The van der Waals surface area contributed by atoms with E-state index in [1.54, 1.807) is 0 Å². The Morgan fingerprint density at radius 2 is 2.06 bits per heavy atom. The van der Waals surface area contributed by atoms with Crippen molar-refractivity contribution in [2.24, 2.45) is 5.84 Å². The summed E-state index contributed by atoms with van der Waals surface area (Å²) in [6.45, 7) is 6.22. The van der Waals surface area contributed by atoms with Gasteiger partial charge >= 0.3 is 0 Å². The minimum absolute atomic E-state index is 0.933. The molecule has 0 spiro atoms. The summed E-state index contributed by atoms with van der Waals surface area (Å²) in [6, 6.07) is 6.17. The van der Waals surface area contributed by atoms with Crippen molar-refractivity contribution >= 4 is 16.6 Å². The second-order valence-electron chi connectivity index (χ2n) is 4.02. The Bertz CT molecular complexity index is 532. The molecular formula is C13H17N3. The molecule has 2 aromatic rings. The summed E-state index contributed by atoms with van der Waals surface area (Å²) in [5, 5.41) is 1.10. The van der Waals surface area contributed by atoms with E-state index in [1.807, 2.05) is 13.0 Å². The van der Waals surface area contributed by atoms with E-state index < -0.39 is 0 Å². The predicted octanol–water partition coefficient (Wildman–Crippen LogP) is 2.70. The van der Waals surface area contributed by atoms with Crippen LogP contribution in [0.2, 0.25) is 0 Å². The van der Waals surface area contributed by atoms with Gasteiger partial charge in [-0.05, 0) is 31.4 Å². The quantitative estimate of drug-likeness (QED) is 0.598. The van der Waals surface area contributed by atoms with E-state index in [4.69, 9.17) is 5.84 Å². The fourth-order valence-corrected chi connectivity index (χ4v) is 2.19. The molecule has 16 heavy (non-hydrogen) atoms. The highest BCUT2D eigenvalue weighted by Crippen LogP contribution is 2.29. The molecule has 3 nitrogen and oxygen atoms in total. The molecule has 0 saturated carbocycles. The van der Waals surface area contributed by atoms with Gasteiger partial charge in [-0.25, -0.2) is 0 Å². The standard InChI is InChI=1S/C13H17N3/c1-4-10-9(3)15-12-8(2)6-5-7-11(12)13(10)16-14/h5-7H,4,14H2,1-3H3,(H,15,16). The number of nitrogen functional groups attached to an aromatic ring is 1. The van der Waals surface area contributed by atoms with Gasteiger partial charge in [0.25, 0.3) is 0 Å². The van der Waals surface area contributed by atoms with Crippen molar-refractivity contribution in [2.45, 2.75) is 27.2 Å². The summed E-state index contributed by atoms with van der Waals surface area (Å²) in [5.74, 6) is 5.63. The molecule has 0 aliphatic rings. The van der Waals surface area contributed by atoms with E-state index in [9.17, 15) is 0 Å². The molecule has 0 unspecified atom stereocenters. The summed E-state index contributed by atoms with van der Waals surface area (Å²) >= 11 is 0. The fourth-order valence-electron chi connectivity index (χ4n) is 2.19. The van der Waals surface area contributed by atoms with Crippen molar-refractivity contribution in [2.75, 3.05) is 5.43 Å². The zero-order valence-electron chi connectivity index (χ0n) is 9.96. The third kappa shape index (κ3) is 1.53. The molecule has 0 fully saturated rings. The lowest BCUT2D eigenvalue weighted by Gasteiger charge is -2.14. The van der Waals surface area contributed by atoms with Crippen LogP contribution in [0.15, 0.2) is 18.2 Å². The van der Waals surface area contributed by atoms with Gasteiger partial charge < -0.3 is 5.43 Å². The van der Waals surface area contributed by atoms with Gasteiger partial charge in [0.15, 0.2) is 0 Å². The highest BCUT2D eigenvalue weighted by Gasteiger charge is 2.11. The number of nitrogens with two attached hydrogens (primary N) is 1. The van der Waals surface area contributed by atoms with Crippen molar-refractivity contribution in [1.29, 1.82) is 0 Å². The number of fused-ring (bicyclic) bond motifs is 1. The van der Waals surface area contributed by atoms with E-state index in [1.165, 1.54) is 11.1 Å². The lowest BCUT2D eigenvalue weighted by Crippen LogP contribution is -2.11. The molecule has 0 radical (unpaired) electrons. The van der Waals surface area contributed by atoms with Crippen molar-refractivity contribution in [3.63, 3.8) is 0 Å². The Morgan fingerprint density at radius 3 is 2.69 bits per heavy atom. The molecular weight excluding hydrogens is 198 g/mol. The van der Waals surface area contributed by atoms with Gasteiger partial charge in [0.1, 0.15) is 0 Å². The van der Waals surface area contributed by atoms with Crippen molar-refractivity contribution in [1.82, 2.24) is 4.98 Å². The van der Waals surface area contributed by atoms with Gasteiger partial charge in [0, 0.05) is 11.1 Å². The number of pyridine rings is 1. The first-order valence-electron chi connectivity index (χ1n) is 5.54. The number of benzene rings is 1. The van der Waals surface area contributed by atoms with Crippen LogP contribution in [0.3, 0.4) is 0 Å². The van der Waals surface area contributed by atoms with E-state index >= 15 is 0 Å². The molecule has 0 aliphatic carbocycles. The average molecular weight is 215 g/mol. The van der Waals surface area contributed by atoms with Crippen LogP contribution in [0.1, 0.15) is 23.7 Å². The molecule has 3 N–H and O–H groups in total. The third-order valence-corrected chi connectivity index (χ3v) is 3.02. The summed E-state index contributed by atoms with van der Waals surface area (Å²) in [5.41, 5.74) is 8.29. The molecule has 1 aromatic heterocycles. The smallest absolute Gasteiger partial charge is 0.0755 e. The Hall–Kier alpha value is -1.61. The van der Waals surface area contributed by atoms with Crippen molar-refractivity contribution < 1.29 is 0 Å².